The molecule has 198 valence electrons. The lowest BCUT2D eigenvalue weighted by atomic mass is 10.0. The van der Waals surface area contributed by atoms with E-state index >= 15 is 4.39 Å². The molecule has 0 bridgehead atoms. The maximum absolute atomic E-state index is 15.1. The fourth-order valence-corrected chi connectivity index (χ4v) is 5.40. The minimum Gasteiger partial charge on any atom is -0.328 e. The molecule has 1 fully saturated rings. The van der Waals surface area contributed by atoms with E-state index in [9.17, 15) is 4.39 Å². The molecule has 2 aliphatic rings. The van der Waals surface area contributed by atoms with Crippen LogP contribution in [0.1, 0.15) is 31.7 Å². The third-order valence-electron chi connectivity index (χ3n) is 7.64. The number of pyridine rings is 1. The monoisotopic (exact) mass is 518 g/mol. The first-order valence-corrected chi connectivity index (χ1v) is 13.3. The van der Waals surface area contributed by atoms with Crippen LogP contribution in [0.25, 0.3) is 22.3 Å². The molecule has 0 aliphatic carbocycles. The van der Waals surface area contributed by atoms with E-state index in [4.69, 9.17) is 0 Å². The Kier molecular flexibility index (Phi) is 6.75. The van der Waals surface area contributed by atoms with Crippen LogP contribution in [-0.4, -0.2) is 67.0 Å². The van der Waals surface area contributed by atoms with Crippen molar-refractivity contribution in [3.63, 3.8) is 0 Å². The first-order valence-electron chi connectivity index (χ1n) is 13.3. The van der Waals surface area contributed by atoms with Crippen LogP contribution in [0.5, 0.6) is 0 Å². The van der Waals surface area contributed by atoms with Gasteiger partial charge >= 0.3 is 0 Å². The van der Waals surface area contributed by atoms with Crippen LogP contribution in [0.3, 0.4) is 0 Å². The predicted octanol–water partition coefficient (Wildman–Crippen LogP) is 4.63. The van der Waals surface area contributed by atoms with E-state index in [1.54, 1.807) is 6.07 Å². The summed E-state index contributed by atoms with van der Waals surface area (Å²) >= 11 is 0. The molecular weight excluding hydrogens is 486 g/mol. The van der Waals surface area contributed by atoms with Crippen LogP contribution >= 0.6 is 0 Å². The number of piperazine rings is 1. The Hall–Kier alpha value is -3.50. The molecule has 0 saturated carbocycles. The molecule has 3 aromatic heterocycles. The van der Waals surface area contributed by atoms with E-state index in [-0.39, 0.29) is 11.6 Å². The normalized spacial score (nSPS) is 18.6. The lowest BCUT2D eigenvalue weighted by molar-refractivity contribution is 0.132. The number of aromatic nitrogens is 5. The molecule has 1 saturated heterocycles. The summed E-state index contributed by atoms with van der Waals surface area (Å²) in [5.74, 6) is 1.01. The van der Waals surface area contributed by atoms with Crippen molar-refractivity contribution in [1.29, 1.82) is 0 Å². The molecular formula is C28H32F2N8. The second-order valence-corrected chi connectivity index (χ2v) is 10.4. The molecule has 38 heavy (non-hydrogen) atoms. The Balaban J connectivity index is 1.21. The van der Waals surface area contributed by atoms with E-state index in [1.807, 2.05) is 22.9 Å². The zero-order valence-electron chi connectivity index (χ0n) is 21.8. The van der Waals surface area contributed by atoms with Gasteiger partial charge in [0.15, 0.2) is 11.6 Å². The summed E-state index contributed by atoms with van der Waals surface area (Å²) in [7, 11) is 0. The number of nitrogens with zero attached hydrogens (tertiary/aromatic N) is 7. The molecule has 2 aliphatic heterocycles. The summed E-state index contributed by atoms with van der Waals surface area (Å²) in [6.07, 6.45) is 4.78. The highest BCUT2D eigenvalue weighted by atomic mass is 19.1. The van der Waals surface area contributed by atoms with E-state index in [2.05, 4.69) is 48.9 Å². The van der Waals surface area contributed by atoms with Crippen molar-refractivity contribution in [1.82, 2.24) is 34.3 Å². The quantitative estimate of drug-likeness (QED) is 0.399. The molecule has 10 heteroatoms. The van der Waals surface area contributed by atoms with Gasteiger partial charge in [0.2, 0.25) is 5.95 Å². The third-order valence-corrected chi connectivity index (χ3v) is 7.64. The summed E-state index contributed by atoms with van der Waals surface area (Å²) < 4.78 is 32.0. The summed E-state index contributed by atoms with van der Waals surface area (Å²) in [6, 6.07) is 6.97. The number of aryl methyl sites for hydroxylation is 1. The van der Waals surface area contributed by atoms with Crippen LogP contribution in [0.4, 0.5) is 20.5 Å². The molecule has 6 rings (SSSR count). The number of nitrogens with one attached hydrogen (secondary N) is 1. The summed E-state index contributed by atoms with van der Waals surface area (Å²) in [4.78, 5) is 22.4. The summed E-state index contributed by atoms with van der Waals surface area (Å²) in [5.41, 5.74) is 2.50. The molecule has 4 aromatic rings. The Morgan fingerprint density at radius 3 is 2.55 bits per heavy atom. The fraction of sp³-hybridized carbons (Fsp3) is 0.429. The van der Waals surface area contributed by atoms with Crippen molar-refractivity contribution in [3.05, 3.63) is 59.7 Å². The van der Waals surface area contributed by atoms with Crippen molar-refractivity contribution < 1.29 is 8.78 Å². The molecule has 5 heterocycles. The number of likely N-dealkylation sites (N-methyl/N-ethyl adjacent to an activating group) is 1. The minimum absolute atomic E-state index is 0.0329. The Labute approximate surface area is 220 Å². The molecule has 1 atom stereocenters. The number of benzene rings is 1. The van der Waals surface area contributed by atoms with E-state index in [1.165, 1.54) is 6.07 Å². The molecule has 1 N–H and O–H groups in total. The second kappa shape index (κ2) is 10.3. The molecule has 0 radical (unpaired) electrons. The lowest BCUT2D eigenvalue weighted by Gasteiger charge is -2.33. The maximum atomic E-state index is 15.1. The number of anilines is 2. The smallest absolute Gasteiger partial charge is 0.229 e. The van der Waals surface area contributed by atoms with Gasteiger partial charge in [-0.2, -0.15) is 0 Å². The van der Waals surface area contributed by atoms with Crippen LogP contribution in [0.2, 0.25) is 0 Å². The van der Waals surface area contributed by atoms with Crippen molar-refractivity contribution >= 4 is 22.8 Å². The summed E-state index contributed by atoms with van der Waals surface area (Å²) in [6.45, 7) is 11.4. The van der Waals surface area contributed by atoms with Gasteiger partial charge in [0.1, 0.15) is 22.9 Å². The molecule has 0 amide bonds. The van der Waals surface area contributed by atoms with Gasteiger partial charge in [-0.3, -0.25) is 4.90 Å². The van der Waals surface area contributed by atoms with Crippen molar-refractivity contribution in [2.75, 3.05) is 38.0 Å². The minimum atomic E-state index is -0.618. The van der Waals surface area contributed by atoms with Crippen molar-refractivity contribution in [2.24, 2.45) is 5.92 Å². The van der Waals surface area contributed by atoms with Gasteiger partial charge in [-0.1, -0.05) is 19.9 Å². The summed E-state index contributed by atoms with van der Waals surface area (Å²) in [5, 5.41) is 3.06. The highest BCUT2D eigenvalue weighted by Crippen LogP contribution is 2.31. The zero-order valence-corrected chi connectivity index (χ0v) is 21.8. The highest BCUT2D eigenvalue weighted by Gasteiger charge is 2.23. The molecule has 1 aromatic carbocycles. The van der Waals surface area contributed by atoms with Crippen LogP contribution in [-0.2, 0) is 19.5 Å². The standard InChI is InChI=1S/C28H32F2N8/c1-3-36-8-10-37(11-9-36)17-19-5-6-24(31-14-19)33-28-32-15-22(30)26(35-28)20-12-21(29)27-23(13-20)38-16-18(2)4-7-25(38)34-27/h5-6,12-15,18H,3-4,7-11,16-17H2,1-2H3,(H,31,32,33,35). The first kappa shape index (κ1) is 24.8. The van der Waals surface area contributed by atoms with Gasteiger partial charge in [0, 0.05) is 57.4 Å². The number of rotatable bonds is 6. The maximum Gasteiger partial charge on any atom is 0.229 e. The van der Waals surface area contributed by atoms with Crippen molar-refractivity contribution in [2.45, 2.75) is 39.8 Å². The van der Waals surface area contributed by atoms with Crippen LogP contribution in [0.15, 0.2) is 36.7 Å². The highest BCUT2D eigenvalue weighted by molar-refractivity contribution is 5.83. The second-order valence-electron chi connectivity index (χ2n) is 10.4. The van der Waals surface area contributed by atoms with E-state index in [0.717, 1.165) is 76.2 Å². The van der Waals surface area contributed by atoms with Gasteiger partial charge in [-0.25, -0.2) is 28.7 Å². The number of halogens is 2. The lowest BCUT2D eigenvalue weighted by Crippen LogP contribution is -2.45. The van der Waals surface area contributed by atoms with Gasteiger partial charge in [-0.15, -0.1) is 0 Å². The topological polar surface area (TPSA) is 75.0 Å². The Bertz CT molecular complexity index is 1440. The zero-order chi connectivity index (χ0) is 26.2. The number of imidazole rings is 1. The number of hydrogen-bond donors (Lipinski definition) is 1. The molecule has 1 unspecified atom stereocenters. The third kappa shape index (κ3) is 4.98. The first-order chi connectivity index (χ1) is 18.5. The van der Waals surface area contributed by atoms with E-state index in [0.29, 0.717) is 28.3 Å². The van der Waals surface area contributed by atoms with Gasteiger partial charge in [-0.05, 0) is 42.6 Å². The van der Waals surface area contributed by atoms with E-state index < -0.39 is 11.6 Å². The fourth-order valence-electron chi connectivity index (χ4n) is 5.40. The predicted molar refractivity (Wildman–Crippen MR) is 143 cm³/mol. The van der Waals surface area contributed by atoms with Gasteiger partial charge in [0.05, 0.1) is 11.7 Å². The molecule has 0 spiro atoms. The number of fused-ring (bicyclic) bond motifs is 3. The number of hydrogen-bond acceptors (Lipinski definition) is 7. The SMILES string of the molecule is CCN1CCN(Cc2ccc(Nc3ncc(F)c(-c4cc(F)c5nc6n(c5c4)CC(C)CC6)n3)nc2)CC1. The average Bonchev–Trinajstić information content (AvgIpc) is 3.30. The Morgan fingerprint density at radius 1 is 0.974 bits per heavy atom. The van der Waals surface area contributed by atoms with Gasteiger partial charge < -0.3 is 14.8 Å². The van der Waals surface area contributed by atoms with Crippen molar-refractivity contribution in [3.8, 4) is 11.3 Å². The van der Waals surface area contributed by atoms with Gasteiger partial charge in [0.25, 0.3) is 0 Å². The average molecular weight is 519 g/mol. The van der Waals surface area contributed by atoms with Crippen LogP contribution < -0.4 is 5.32 Å². The molecule has 8 nitrogen and oxygen atoms in total. The van der Waals surface area contributed by atoms with Crippen LogP contribution in [0, 0.1) is 17.6 Å². The Morgan fingerprint density at radius 2 is 1.79 bits per heavy atom. The largest absolute Gasteiger partial charge is 0.328 e.